The van der Waals surface area contributed by atoms with Crippen molar-refractivity contribution < 1.29 is 29.4 Å². The third-order valence-electron chi connectivity index (χ3n) is 3.79. The molecule has 0 aliphatic heterocycles. The van der Waals surface area contributed by atoms with Crippen LogP contribution in [-0.4, -0.2) is 58.6 Å². The number of carboxylic acids is 1. The number of nitrogen functional groups attached to an aromatic ring is 1. The van der Waals surface area contributed by atoms with Crippen molar-refractivity contribution in [3.63, 3.8) is 0 Å². The van der Waals surface area contributed by atoms with Gasteiger partial charge in [-0.05, 0) is 32.0 Å². The first kappa shape index (κ1) is 23.3. The third-order valence-corrected chi connectivity index (χ3v) is 4.12. The molecule has 154 valence electrons. The lowest BCUT2D eigenvalue weighted by atomic mass is 10.1. The minimum atomic E-state index is -1.38. The number of carboxylic acid groups (broad SMARTS) is 1. The van der Waals surface area contributed by atoms with E-state index in [0.717, 1.165) is 0 Å². The van der Waals surface area contributed by atoms with Crippen molar-refractivity contribution >= 4 is 41.4 Å². The Morgan fingerprint density at radius 2 is 1.89 bits per heavy atom. The Labute approximate surface area is 166 Å². The molecule has 28 heavy (non-hydrogen) atoms. The van der Waals surface area contributed by atoms with Gasteiger partial charge in [0.1, 0.15) is 18.6 Å². The van der Waals surface area contributed by atoms with Gasteiger partial charge in [0.15, 0.2) is 0 Å². The minimum absolute atomic E-state index is 0.207. The zero-order valence-electron chi connectivity index (χ0n) is 15.3. The van der Waals surface area contributed by atoms with Crippen LogP contribution in [0.4, 0.5) is 5.69 Å². The van der Waals surface area contributed by atoms with Gasteiger partial charge in [-0.3, -0.25) is 19.7 Å². The predicted molar refractivity (Wildman–Crippen MR) is 102 cm³/mol. The van der Waals surface area contributed by atoms with E-state index in [0.29, 0.717) is 12.0 Å². The molecule has 0 spiro atoms. The number of aliphatic carboxylic acids is 1. The van der Waals surface area contributed by atoms with E-state index in [-0.39, 0.29) is 10.6 Å². The Bertz CT molecular complexity index is 744. The number of aliphatic hydroxyl groups excluding tert-OH is 1. The maximum Gasteiger partial charge on any atom is 0.305 e. The standard InChI is InChI=1S/C17H23ClN4O6/c1-8(21-17(28)10-3-4-13(19)12(18)5-10)15(26)20-9(2)16(27)22-11(7-23)6-14(24)25/h3-5,7-9,11,16,22,27H,6,19H2,1-2H3,(H,20,26)(H,21,28)(H,24,25)/t8?,9-,11-,16?/m0/s1. The molecule has 1 rings (SSSR count). The second-order valence-corrected chi connectivity index (χ2v) is 6.59. The topological polar surface area (TPSA) is 171 Å². The lowest BCUT2D eigenvalue weighted by molar-refractivity contribution is -0.139. The molecule has 2 amide bonds. The SMILES string of the molecule is CC(NC(=O)c1ccc(N)c(Cl)c1)C(=O)N[C@@H](C)C(O)N[C@H](C=O)CC(=O)O. The van der Waals surface area contributed by atoms with Gasteiger partial charge in [-0.1, -0.05) is 11.6 Å². The molecule has 4 atom stereocenters. The Kier molecular flexibility index (Phi) is 8.83. The van der Waals surface area contributed by atoms with Gasteiger partial charge in [-0.25, -0.2) is 0 Å². The Balaban J connectivity index is 2.60. The summed E-state index contributed by atoms with van der Waals surface area (Å²) in [6.07, 6.45) is -1.54. The molecule has 1 aromatic rings. The number of rotatable bonds is 10. The lowest BCUT2D eigenvalue weighted by Gasteiger charge is -2.25. The second-order valence-electron chi connectivity index (χ2n) is 6.18. The molecule has 1 aromatic carbocycles. The number of hydrogen-bond donors (Lipinski definition) is 6. The van der Waals surface area contributed by atoms with Crippen LogP contribution in [0.2, 0.25) is 5.02 Å². The molecular weight excluding hydrogens is 392 g/mol. The molecule has 2 unspecified atom stereocenters. The van der Waals surface area contributed by atoms with Crippen LogP contribution < -0.4 is 21.7 Å². The van der Waals surface area contributed by atoms with E-state index in [1.165, 1.54) is 32.0 Å². The molecule has 0 aliphatic carbocycles. The van der Waals surface area contributed by atoms with Crippen molar-refractivity contribution in [2.45, 2.75) is 44.6 Å². The normalized spacial score (nSPS) is 15.0. The monoisotopic (exact) mass is 414 g/mol. The van der Waals surface area contributed by atoms with Crippen molar-refractivity contribution in [3.05, 3.63) is 28.8 Å². The van der Waals surface area contributed by atoms with E-state index < -0.39 is 48.6 Å². The van der Waals surface area contributed by atoms with Crippen LogP contribution in [0.1, 0.15) is 30.6 Å². The summed E-state index contributed by atoms with van der Waals surface area (Å²) < 4.78 is 0. The van der Waals surface area contributed by atoms with Crippen LogP contribution in [0.5, 0.6) is 0 Å². The van der Waals surface area contributed by atoms with E-state index >= 15 is 0 Å². The van der Waals surface area contributed by atoms with Crippen LogP contribution in [-0.2, 0) is 14.4 Å². The molecule has 0 heterocycles. The molecule has 10 nitrogen and oxygen atoms in total. The molecule has 0 bridgehead atoms. The van der Waals surface area contributed by atoms with Gasteiger partial charge in [0.05, 0.1) is 29.2 Å². The highest BCUT2D eigenvalue weighted by atomic mass is 35.5. The van der Waals surface area contributed by atoms with Crippen LogP contribution in [0.25, 0.3) is 0 Å². The average molecular weight is 415 g/mol. The summed E-state index contributed by atoms with van der Waals surface area (Å²) in [6.45, 7) is 2.89. The molecule has 11 heteroatoms. The molecule has 0 saturated carbocycles. The summed E-state index contributed by atoms with van der Waals surface area (Å²) in [5, 5.41) is 26.2. The highest BCUT2D eigenvalue weighted by molar-refractivity contribution is 6.33. The van der Waals surface area contributed by atoms with Gasteiger partial charge in [0.25, 0.3) is 5.91 Å². The zero-order chi connectivity index (χ0) is 21.4. The van der Waals surface area contributed by atoms with Crippen LogP contribution in [0, 0.1) is 0 Å². The number of anilines is 1. The highest BCUT2D eigenvalue weighted by Gasteiger charge is 2.24. The number of hydrogen-bond acceptors (Lipinski definition) is 7. The fraction of sp³-hybridized carbons (Fsp3) is 0.412. The minimum Gasteiger partial charge on any atom is -0.481 e. The van der Waals surface area contributed by atoms with Crippen LogP contribution in [0.15, 0.2) is 18.2 Å². The van der Waals surface area contributed by atoms with E-state index in [9.17, 15) is 24.3 Å². The number of aldehydes is 1. The Morgan fingerprint density at radius 1 is 1.25 bits per heavy atom. The maximum absolute atomic E-state index is 12.2. The molecule has 0 aliphatic rings. The number of aliphatic hydroxyl groups is 1. The van der Waals surface area contributed by atoms with Gasteiger partial charge in [-0.2, -0.15) is 0 Å². The molecule has 7 N–H and O–H groups in total. The zero-order valence-corrected chi connectivity index (χ0v) is 16.1. The van der Waals surface area contributed by atoms with Crippen molar-refractivity contribution in [1.82, 2.24) is 16.0 Å². The quantitative estimate of drug-likeness (QED) is 0.169. The van der Waals surface area contributed by atoms with Gasteiger partial charge in [-0.15, -0.1) is 0 Å². The third kappa shape index (κ3) is 7.14. The average Bonchev–Trinajstić information content (AvgIpc) is 2.62. The van der Waals surface area contributed by atoms with E-state index in [4.69, 9.17) is 22.4 Å². The first-order valence-electron chi connectivity index (χ1n) is 8.32. The predicted octanol–water partition coefficient (Wildman–Crippen LogP) is -0.505. The number of nitrogens with one attached hydrogen (secondary N) is 3. The lowest BCUT2D eigenvalue weighted by Crippen LogP contribution is -2.55. The van der Waals surface area contributed by atoms with Gasteiger partial charge >= 0.3 is 5.97 Å². The summed E-state index contributed by atoms with van der Waals surface area (Å²) in [5.74, 6) is -2.35. The summed E-state index contributed by atoms with van der Waals surface area (Å²) in [6, 6.07) is 1.37. The summed E-state index contributed by atoms with van der Waals surface area (Å²) >= 11 is 5.87. The Morgan fingerprint density at radius 3 is 2.43 bits per heavy atom. The largest absolute Gasteiger partial charge is 0.481 e. The maximum atomic E-state index is 12.2. The number of halogens is 1. The molecular formula is C17H23ClN4O6. The summed E-state index contributed by atoms with van der Waals surface area (Å²) in [4.78, 5) is 45.9. The number of nitrogens with two attached hydrogens (primary N) is 1. The van der Waals surface area contributed by atoms with E-state index in [1.807, 2.05) is 0 Å². The molecule has 0 aromatic heterocycles. The molecule has 0 radical (unpaired) electrons. The number of carbonyl (C=O) groups is 4. The van der Waals surface area contributed by atoms with Gasteiger partial charge in [0.2, 0.25) is 5.91 Å². The van der Waals surface area contributed by atoms with Crippen LogP contribution >= 0.6 is 11.6 Å². The van der Waals surface area contributed by atoms with E-state index in [1.54, 1.807) is 0 Å². The molecule has 0 fully saturated rings. The second kappa shape index (κ2) is 10.6. The van der Waals surface area contributed by atoms with Crippen molar-refractivity contribution in [2.75, 3.05) is 5.73 Å². The Hall–Kier alpha value is -2.69. The summed E-state index contributed by atoms with van der Waals surface area (Å²) in [7, 11) is 0. The smallest absolute Gasteiger partial charge is 0.305 e. The number of carbonyl (C=O) groups excluding carboxylic acids is 3. The first-order valence-corrected chi connectivity index (χ1v) is 8.70. The first-order chi connectivity index (χ1) is 13.0. The molecule has 0 saturated heterocycles. The number of benzene rings is 1. The highest BCUT2D eigenvalue weighted by Crippen LogP contribution is 2.19. The van der Waals surface area contributed by atoms with Crippen LogP contribution in [0.3, 0.4) is 0 Å². The van der Waals surface area contributed by atoms with Crippen molar-refractivity contribution in [3.8, 4) is 0 Å². The fourth-order valence-corrected chi connectivity index (χ4v) is 2.32. The van der Waals surface area contributed by atoms with Gasteiger partial charge in [0, 0.05) is 5.56 Å². The van der Waals surface area contributed by atoms with Gasteiger partial charge < -0.3 is 31.4 Å². The number of amides is 2. The van der Waals surface area contributed by atoms with Crippen molar-refractivity contribution in [1.29, 1.82) is 0 Å². The van der Waals surface area contributed by atoms with Crippen molar-refractivity contribution in [2.24, 2.45) is 0 Å². The fourth-order valence-electron chi connectivity index (χ4n) is 2.14. The van der Waals surface area contributed by atoms with E-state index in [2.05, 4.69) is 16.0 Å². The summed E-state index contributed by atoms with van der Waals surface area (Å²) in [5.41, 5.74) is 6.11.